The molecule has 0 aliphatic rings. The Kier molecular flexibility index (Phi) is 2.61. The lowest BCUT2D eigenvalue weighted by Crippen LogP contribution is -2.10. The number of H-pyrrole nitrogens is 1. The van der Waals surface area contributed by atoms with Crippen molar-refractivity contribution < 1.29 is 0 Å². The van der Waals surface area contributed by atoms with Gasteiger partial charge < -0.3 is 0 Å². The van der Waals surface area contributed by atoms with Gasteiger partial charge in [0, 0.05) is 5.56 Å². The van der Waals surface area contributed by atoms with E-state index in [1.807, 2.05) is 30.3 Å². The van der Waals surface area contributed by atoms with Crippen LogP contribution in [0.15, 0.2) is 53.3 Å². The Morgan fingerprint density at radius 1 is 1.00 bits per heavy atom. The zero-order chi connectivity index (χ0) is 12.5. The Balaban J connectivity index is 2.37. The minimum absolute atomic E-state index is 0.152. The number of aromatic nitrogens is 2. The molecule has 3 nitrogen and oxygen atoms in total. The van der Waals surface area contributed by atoms with Gasteiger partial charge in [-0.15, -0.1) is 0 Å². The minimum Gasteiger partial charge on any atom is -0.287 e. The molecular weight excluding hydrogens is 248 g/mol. The van der Waals surface area contributed by atoms with Gasteiger partial charge in [0.2, 0.25) is 5.43 Å². The molecule has 1 heterocycles. The van der Waals surface area contributed by atoms with Gasteiger partial charge in [0.1, 0.15) is 5.69 Å². The van der Waals surface area contributed by atoms with E-state index in [9.17, 15) is 4.79 Å². The van der Waals surface area contributed by atoms with Crippen LogP contribution in [0.4, 0.5) is 0 Å². The Labute approximate surface area is 108 Å². The van der Waals surface area contributed by atoms with E-state index in [0.717, 1.165) is 5.56 Å². The highest BCUT2D eigenvalue weighted by molar-refractivity contribution is 6.35. The maximum Gasteiger partial charge on any atom is 0.217 e. The summed E-state index contributed by atoms with van der Waals surface area (Å²) in [6.45, 7) is 0. The second-order valence-electron chi connectivity index (χ2n) is 3.93. The molecule has 0 amide bonds. The van der Waals surface area contributed by atoms with E-state index < -0.39 is 0 Å². The Morgan fingerprint density at radius 3 is 2.56 bits per heavy atom. The van der Waals surface area contributed by atoms with Gasteiger partial charge in [0.05, 0.1) is 15.9 Å². The van der Waals surface area contributed by atoms with Crippen LogP contribution in [0.1, 0.15) is 0 Å². The fourth-order valence-corrected chi connectivity index (χ4v) is 2.19. The fourth-order valence-electron chi connectivity index (χ4n) is 1.93. The van der Waals surface area contributed by atoms with E-state index in [0.29, 0.717) is 21.6 Å². The largest absolute Gasteiger partial charge is 0.287 e. The molecule has 0 atom stereocenters. The summed E-state index contributed by atoms with van der Waals surface area (Å²) >= 11 is 6.07. The van der Waals surface area contributed by atoms with Crippen LogP contribution >= 0.6 is 11.6 Å². The van der Waals surface area contributed by atoms with Crippen molar-refractivity contribution in [1.82, 2.24) is 10.2 Å². The normalized spacial score (nSPS) is 10.7. The summed E-state index contributed by atoms with van der Waals surface area (Å²) in [5.74, 6) is 0. The van der Waals surface area contributed by atoms with Crippen LogP contribution in [0.3, 0.4) is 0 Å². The summed E-state index contributed by atoms with van der Waals surface area (Å²) in [7, 11) is 0. The molecule has 0 aliphatic carbocycles. The molecule has 2 aromatic carbocycles. The van der Waals surface area contributed by atoms with Gasteiger partial charge in [-0.2, -0.15) is 5.10 Å². The second-order valence-corrected chi connectivity index (χ2v) is 4.34. The van der Waals surface area contributed by atoms with Crippen molar-refractivity contribution >= 4 is 22.5 Å². The van der Waals surface area contributed by atoms with Crippen LogP contribution in [0, 0.1) is 0 Å². The molecule has 0 bridgehead atoms. The summed E-state index contributed by atoms with van der Waals surface area (Å²) in [6, 6.07) is 14.6. The Bertz CT molecular complexity index is 766. The van der Waals surface area contributed by atoms with E-state index in [2.05, 4.69) is 10.2 Å². The number of benzene rings is 2. The molecule has 3 rings (SSSR count). The van der Waals surface area contributed by atoms with Gasteiger partial charge in [-0.25, -0.2) is 0 Å². The first-order valence-electron chi connectivity index (χ1n) is 5.50. The number of hydrogen-bond acceptors (Lipinski definition) is 2. The first kappa shape index (κ1) is 11.0. The Morgan fingerprint density at radius 2 is 1.78 bits per heavy atom. The van der Waals surface area contributed by atoms with E-state index >= 15 is 0 Å². The van der Waals surface area contributed by atoms with E-state index in [4.69, 9.17) is 11.6 Å². The molecule has 18 heavy (non-hydrogen) atoms. The number of rotatable bonds is 1. The summed E-state index contributed by atoms with van der Waals surface area (Å²) in [4.78, 5) is 12.4. The van der Waals surface area contributed by atoms with Crippen molar-refractivity contribution in [2.45, 2.75) is 0 Å². The lowest BCUT2D eigenvalue weighted by molar-refractivity contribution is 1.07. The van der Waals surface area contributed by atoms with Gasteiger partial charge in [0.25, 0.3) is 0 Å². The number of hydrogen-bond donors (Lipinski definition) is 1. The molecule has 0 saturated heterocycles. The third-order valence-corrected chi connectivity index (χ3v) is 3.11. The van der Waals surface area contributed by atoms with E-state index in [1.165, 1.54) is 0 Å². The van der Waals surface area contributed by atoms with Gasteiger partial charge in [-0.1, -0.05) is 48.0 Å². The van der Waals surface area contributed by atoms with Crippen molar-refractivity contribution in [1.29, 1.82) is 0 Å². The highest BCUT2D eigenvalue weighted by Crippen LogP contribution is 2.20. The molecule has 0 unspecified atom stereocenters. The molecule has 88 valence electrons. The van der Waals surface area contributed by atoms with E-state index in [-0.39, 0.29) is 5.43 Å². The zero-order valence-electron chi connectivity index (χ0n) is 9.35. The predicted molar refractivity (Wildman–Crippen MR) is 72.8 cm³/mol. The fraction of sp³-hybridized carbons (Fsp3) is 0. The number of fused-ring (bicyclic) bond motifs is 1. The standard InChI is InChI=1S/C14H9ClN2O/c15-10-7-4-8-11-12(10)14(18)13(17-16-11)9-5-2-1-3-6-9/h1-8H,(H,16,18). The van der Waals surface area contributed by atoms with Crippen LogP contribution < -0.4 is 5.43 Å². The molecular formula is C14H9ClN2O. The third kappa shape index (κ3) is 1.69. The van der Waals surface area contributed by atoms with E-state index in [1.54, 1.807) is 18.2 Å². The predicted octanol–water partition coefficient (Wildman–Crippen LogP) is 3.24. The average Bonchev–Trinajstić information content (AvgIpc) is 2.40. The smallest absolute Gasteiger partial charge is 0.217 e. The maximum atomic E-state index is 12.4. The topological polar surface area (TPSA) is 45.8 Å². The molecule has 3 aromatic rings. The van der Waals surface area contributed by atoms with Crippen LogP contribution in [0.2, 0.25) is 5.02 Å². The summed E-state index contributed by atoms with van der Waals surface area (Å²) < 4.78 is 0. The van der Waals surface area contributed by atoms with Gasteiger partial charge >= 0.3 is 0 Å². The summed E-state index contributed by atoms with van der Waals surface area (Å²) in [6.07, 6.45) is 0. The summed E-state index contributed by atoms with van der Waals surface area (Å²) in [5.41, 5.74) is 1.66. The van der Waals surface area contributed by atoms with Crippen molar-refractivity contribution in [2.24, 2.45) is 0 Å². The SMILES string of the molecule is O=c1c(-c2ccccc2)n[nH]c2cccc(Cl)c12. The monoisotopic (exact) mass is 256 g/mol. The Hall–Kier alpha value is -2.13. The number of nitrogens with one attached hydrogen (secondary N) is 1. The van der Waals surface area contributed by atoms with Crippen molar-refractivity contribution in [2.75, 3.05) is 0 Å². The van der Waals surface area contributed by atoms with Crippen molar-refractivity contribution in [3.05, 3.63) is 63.8 Å². The van der Waals surface area contributed by atoms with Crippen LogP contribution in [0.25, 0.3) is 22.2 Å². The second kappa shape index (κ2) is 4.27. The molecule has 0 spiro atoms. The number of halogens is 1. The number of aromatic amines is 1. The van der Waals surface area contributed by atoms with Gasteiger partial charge in [-0.3, -0.25) is 9.89 Å². The minimum atomic E-state index is -0.152. The average molecular weight is 257 g/mol. The first-order chi connectivity index (χ1) is 8.77. The lowest BCUT2D eigenvalue weighted by atomic mass is 10.1. The quantitative estimate of drug-likeness (QED) is 0.726. The van der Waals surface area contributed by atoms with Crippen LogP contribution in [-0.2, 0) is 0 Å². The molecule has 0 saturated carbocycles. The molecule has 0 radical (unpaired) electrons. The first-order valence-corrected chi connectivity index (χ1v) is 5.87. The maximum absolute atomic E-state index is 12.4. The van der Waals surface area contributed by atoms with Gasteiger partial charge in [-0.05, 0) is 12.1 Å². The van der Waals surface area contributed by atoms with Crippen LogP contribution in [0.5, 0.6) is 0 Å². The third-order valence-electron chi connectivity index (χ3n) is 2.79. The summed E-state index contributed by atoms with van der Waals surface area (Å²) in [5, 5.41) is 7.90. The zero-order valence-corrected chi connectivity index (χ0v) is 10.1. The van der Waals surface area contributed by atoms with Crippen molar-refractivity contribution in [3.63, 3.8) is 0 Å². The van der Waals surface area contributed by atoms with Gasteiger partial charge in [0.15, 0.2) is 0 Å². The molecule has 1 aromatic heterocycles. The lowest BCUT2D eigenvalue weighted by Gasteiger charge is -2.03. The highest BCUT2D eigenvalue weighted by atomic mass is 35.5. The molecule has 0 aliphatic heterocycles. The van der Waals surface area contributed by atoms with Crippen molar-refractivity contribution in [3.8, 4) is 11.3 Å². The molecule has 4 heteroatoms. The molecule has 1 N–H and O–H groups in total. The number of nitrogens with zero attached hydrogens (tertiary/aromatic N) is 1. The highest BCUT2D eigenvalue weighted by Gasteiger charge is 2.10. The molecule has 0 fully saturated rings. The van der Waals surface area contributed by atoms with Crippen LogP contribution in [-0.4, -0.2) is 10.2 Å².